The number of benzene rings is 2. The predicted molar refractivity (Wildman–Crippen MR) is 120 cm³/mol. The molecule has 2 aromatic heterocycles. The zero-order chi connectivity index (χ0) is 21.8. The van der Waals surface area contributed by atoms with Crippen molar-refractivity contribution >= 4 is 39.1 Å². The highest BCUT2D eigenvalue weighted by Gasteiger charge is 2.15. The number of anilines is 2. The van der Waals surface area contributed by atoms with Gasteiger partial charge in [-0.25, -0.2) is 9.97 Å². The molecule has 10 heteroatoms. The molecular weight excluding hydrogens is 416 g/mol. The summed E-state index contributed by atoms with van der Waals surface area (Å²) in [6.45, 7) is 1.91. The number of carbonyl (C=O) groups is 1. The molecule has 0 bridgehead atoms. The van der Waals surface area contributed by atoms with Crippen molar-refractivity contribution in [3.63, 3.8) is 0 Å². The molecule has 2 aromatic carbocycles. The van der Waals surface area contributed by atoms with E-state index in [2.05, 4.69) is 30.8 Å². The van der Waals surface area contributed by atoms with Gasteiger partial charge in [0.1, 0.15) is 22.2 Å². The number of rotatable bonds is 7. The van der Waals surface area contributed by atoms with Crippen LogP contribution < -0.4 is 20.1 Å². The first-order chi connectivity index (χ1) is 15.1. The molecule has 4 rings (SSSR count). The van der Waals surface area contributed by atoms with Crippen LogP contribution in [-0.2, 0) is 11.3 Å². The van der Waals surface area contributed by atoms with E-state index in [0.29, 0.717) is 35.2 Å². The molecule has 0 aliphatic rings. The minimum atomic E-state index is -0.118. The van der Waals surface area contributed by atoms with Gasteiger partial charge in [0, 0.05) is 12.6 Å². The lowest BCUT2D eigenvalue weighted by atomic mass is 10.1. The fraction of sp³-hybridized carbons (Fsp3) is 0.190. The number of ether oxygens (including phenoxy) is 2. The van der Waals surface area contributed by atoms with E-state index in [4.69, 9.17) is 9.47 Å². The number of hydrogen-bond acceptors (Lipinski definition) is 9. The Balaban J connectivity index is 1.55. The number of amides is 1. The maximum absolute atomic E-state index is 11.2. The number of aromatic nitrogens is 4. The van der Waals surface area contributed by atoms with Crippen LogP contribution >= 0.6 is 11.3 Å². The predicted octanol–water partition coefficient (Wildman–Crippen LogP) is 3.74. The summed E-state index contributed by atoms with van der Waals surface area (Å²) in [7, 11) is 3.19. The molecule has 0 saturated carbocycles. The first kappa shape index (κ1) is 20.5. The Morgan fingerprint density at radius 3 is 2.58 bits per heavy atom. The van der Waals surface area contributed by atoms with Crippen molar-refractivity contribution in [2.45, 2.75) is 13.5 Å². The summed E-state index contributed by atoms with van der Waals surface area (Å²) >= 11 is 1.55. The van der Waals surface area contributed by atoms with Crippen molar-refractivity contribution in [2.75, 3.05) is 24.9 Å². The lowest BCUT2D eigenvalue weighted by molar-refractivity contribution is -0.114. The third-order valence-corrected chi connectivity index (χ3v) is 5.43. The standard InChI is InChI=1S/C21H20N6O3S/c1-12(28)24-13-7-8-18-14(9-13)25-19(31-18)11-22-21-26-15(10-23-27-21)20-16(29-2)5-4-6-17(20)30-3/h4-10H,11H2,1-3H3,(H,24,28)(H,22,26,27). The third kappa shape index (κ3) is 4.53. The summed E-state index contributed by atoms with van der Waals surface area (Å²) in [5, 5.41) is 14.9. The summed E-state index contributed by atoms with van der Waals surface area (Å²) in [6, 6.07) is 11.2. The lowest BCUT2D eigenvalue weighted by Crippen LogP contribution is -2.06. The van der Waals surface area contributed by atoms with Crippen LogP contribution in [0.2, 0.25) is 0 Å². The molecule has 2 heterocycles. The Kier molecular flexibility index (Phi) is 5.89. The van der Waals surface area contributed by atoms with Gasteiger partial charge in [0.2, 0.25) is 11.9 Å². The van der Waals surface area contributed by atoms with Crippen LogP contribution in [0.4, 0.5) is 11.6 Å². The molecule has 2 N–H and O–H groups in total. The fourth-order valence-corrected chi connectivity index (χ4v) is 3.98. The van der Waals surface area contributed by atoms with E-state index in [-0.39, 0.29) is 5.91 Å². The monoisotopic (exact) mass is 436 g/mol. The molecule has 0 aliphatic carbocycles. The van der Waals surface area contributed by atoms with Crippen LogP contribution in [0.25, 0.3) is 21.5 Å². The average Bonchev–Trinajstić information content (AvgIpc) is 3.19. The Morgan fingerprint density at radius 1 is 1.10 bits per heavy atom. The third-order valence-electron chi connectivity index (χ3n) is 4.39. The topological polar surface area (TPSA) is 111 Å². The van der Waals surface area contributed by atoms with Crippen molar-refractivity contribution in [3.05, 3.63) is 47.6 Å². The lowest BCUT2D eigenvalue weighted by Gasteiger charge is -2.12. The Labute approximate surface area is 182 Å². The van der Waals surface area contributed by atoms with E-state index in [9.17, 15) is 4.79 Å². The molecule has 0 radical (unpaired) electrons. The van der Waals surface area contributed by atoms with E-state index in [1.165, 1.54) is 6.92 Å². The number of thiazole rings is 1. The van der Waals surface area contributed by atoms with Gasteiger partial charge in [0.25, 0.3) is 0 Å². The molecular formula is C21H20N6O3S. The Hall–Kier alpha value is -3.79. The van der Waals surface area contributed by atoms with Crippen LogP contribution in [0.15, 0.2) is 42.6 Å². The van der Waals surface area contributed by atoms with Gasteiger partial charge in [-0.05, 0) is 30.3 Å². The molecule has 0 aliphatic heterocycles. The van der Waals surface area contributed by atoms with Crippen LogP contribution in [0, 0.1) is 0 Å². The summed E-state index contributed by atoms with van der Waals surface area (Å²) in [5.41, 5.74) is 2.82. The van der Waals surface area contributed by atoms with Gasteiger partial charge >= 0.3 is 0 Å². The van der Waals surface area contributed by atoms with Gasteiger partial charge in [0.15, 0.2) is 0 Å². The largest absolute Gasteiger partial charge is 0.496 e. The van der Waals surface area contributed by atoms with Crippen molar-refractivity contribution in [1.29, 1.82) is 0 Å². The zero-order valence-electron chi connectivity index (χ0n) is 17.2. The van der Waals surface area contributed by atoms with Crippen molar-refractivity contribution < 1.29 is 14.3 Å². The van der Waals surface area contributed by atoms with Gasteiger partial charge in [0.05, 0.1) is 42.7 Å². The van der Waals surface area contributed by atoms with Gasteiger partial charge in [-0.15, -0.1) is 16.4 Å². The quantitative estimate of drug-likeness (QED) is 0.451. The minimum Gasteiger partial charge on any atom is -0.496 e. The number of fused-ring (bicyclic) bond motifs is 1. The van der Waals surface area contributed by atoms with E-state index < -0.39 is 0 Å². The summed E-state index contributed by atoms with van der Waals surface area (Å²) in [5.74, 6) is 1.51. The Bertz CT molecular complexity index is 1220. The first-order valence-electron chi connectivity index (χ1n) is 9.39. The normalized spacial score (nSPS) is 10.7. The second-order valence-electron chi connectivity index (χ2n) is 6.53. The summed E-state index contributed by atoms with van der Waals surface area (Å²) < 4.78 is 11.9. The molecule has 9 nitrogen and oxygen atoms in total. The van der Waals surface area contributed by atoms with Crippen LogP contribution in [0.3, 0.4) is 0 Å². The molecule has 158 valence electrons. The SMILES string of the molecule is COc1cccc(OC)c1-c1cnnc(NCc2nc3cc(NC(C)=O)ccc3s2)n1. The second-order valence-corrected chi connectivity index (χ2v) is 7.64. The number of methoxy groups -OCH3 is 2. The maximum Gasteiger partial charge on any atom is 0.243 e. The molecule has 0 saturated heterocycles. The first-order valence-corrected chi connectivity index (χ1v) is 10.2. The van der Waals surface area contributed by atoms with Gasteiger partial charge < -0.3 is 20.1 Å². The molecule has 0 fully saturated rings. The van der Waals surface area contributed by atoms with E-state index in [1.54, 1.807) is 31.8 Å². The van der Waals surface area contributed by atoms with Crippen LogP contribution in [0.5, 0.6) is 11.5 Å². The van der Waals surface area contributed by atoms with Crippen LogP contribution in [0.1, 0.15) is 11.9 Å². The second kappa shape index (κ2) is 8.92. The van der Waals surface area contributed by atoms with Crippen molar-refractivity contribution in [2.24, 2.45) is 0 Å². The highest BCUT2D eigenvalue weighted by atomic mass is 32.1. The van der Waals surface area contributed by atoms with Gasteiger partial charge in [-0.3, -0.25) is 4.79 Å². The smallest absolute Gasteiger partial charge is 0.243 e. The molecule has 0 unspecified atom stereocenters. The van der Waals surface area contributed by atoms with E-state index in [0.717, 1.165) is 20.9 Å². The number of carbonyl (C=O) groups excluding carboxylic acids is 1. The molecule has 0 spiro atoms. The summed E-state index contributed by atoms with van der Waals surface area (Å²) in [6.07, 6.45) is 1.56. The molecule has 1 amide bonds. The van der Waals surface area contributed by atoms with Crippen LogP contribution in [-0.4, -0.2) is 40.3 Å². The fourth-order valence-electron chi connectivity index (χ4n) is 3.09. The molecule has 0 atom stereocenters. The average molecular weight is 436 g/mol. The van der Waals surface area contributed by atoms with Gasteiger partial charge in [-0.2, -0.15) is 5.10 Å². The Morgan fingerprint density at radius 2 is 1.87 bits per heavy atom. The summed E-state index contributed by atoms with van der Waals surface area (Å²) in [4.78, 5) is 20.4. The van der Waals surface area contributed by atoms with E-state index >= 15 is 0 Å². The number of hydrogen-bond donors (Lipinski definition) is 2. The van der Waals surface area contributed by atoms with Gasteiger partial charge in [-0.1, -0.05) is 6.07 Å². The zero-order valence-corrected chi connectivity index (χ0v) is 18.0. The molecule has 4 aromatic rings. The van der Waals surface area contributed by atoms with Crippen molar-refractivity contribution in [3.8, 4) is 22.8 Å². The number of nitrogens with one attached hydrogen (secondary N) is 2. The minimum absolute atomic E-state index is 0.118. The highest BCUT2D eigenvalue weighted by Crippen LogP contribution is 2.37. The van der Waals surface area contributed by atoms with Crippen molar-refractivity contribution in [1.82, 2.24) is 20.2 Å². The molecule has 31 heavy (non-hydrogen) atoms. The maximum atomic E-state index is 11.2. The highest BCUT2D eigenvalue weighted by molar-refractivity contribution is 7.18. The number of nitrogens with zero attached hydrogens (tertiary/aromatic N) is 4. The van der Waals surface area contributed by atoms with E-state index in [1.807, 2.05) is 36.4 Å².